The zero-order chi connectivity index (χ0) is 21.5. The number of ether oxygens (including phenoxy) is 2. The first-order valence-electron chi connectivity index (χ1n) is 10.7. The van der Waals surface area contributed by atoms with Gasteiger partial charge in [0.05, 0.1) is 25.4 Å². The van der Waals surface area contributed by atoms with Gasteiger partial charge in [-0.25, -0.2) is 0 Å². The van der Waals surface area contributed by atoms with Crippen molar-refractivity contribution in [2.75, 3.05) is 32.8 Å². The fraction of sp³-hybridized carbons (Fsp3) is 0.308. The fourth-order valence-electron chi connectivity index (χ4n) is 3.95. The van der Waals surface area contributed by atoms with E-state index in [-0.39, 0.29) is 18.8 Å². The first-order valence-corrected chi connectivity index (χ1v) is 11.5. The van der Waals surface area contributed by atoms with Gasteiger partial charge < -0.3 is 14.6 Å². The number of benzene rings is 3. The molecule has 0 spiro atoms. The largest absolute Gasteiger partial charge is 0.389 e. The molecule has 4 nitrogen and oxygen atoms in total. The van der Waals surface area contributed by atoms with Crippen LogP contribution in [0.4, 0.5) is 0 Å². The highest BCUT2D eigenvalue weighted by atomic mass is 79.9. The normalized spacial score (nSPS) is 18.2. The molecule has 0 aliphatic carbocycles. The van der Waals surface area contributed by atoms with Crippen molar-refractivity contribution in [2.45, 2.75) is 18.3 Å². The molecule has 0 bridgehead atoms. The quantitative estimate of drug-likeness (QED) is 0.492. The smallest absolute Gasteiger partial charge is 0.108 e. The van der Waals surface area contributed by atoms with Crippen molar-refractivity contribution in [3.63, 3.8) is 0 Å². The molecule has 0 aromatic heterocycles. The number of β-amino-alcohol motifs (C(OH)–C–C–N with tert-alkyl or cyclic N) is 1. The molecule has 5 heteroatoms. The third-order valence-electron chi connectivity index (χ3n) is 5.52. The third kappa shape index (κ3) is 6.25. The van der Waals surface area contributed by atoms with Crippen LogP contribution in [0.2, 0.25) is 0 Å². The minimum Gasteiger partial charge on any atom is -0.389 e. The summed E-state index contributed by atoms with van der Waals surface area (Å²) in [4.78, 5) is 2.25. The molecule has 2 atom stereocenters. The molecule has 1 heterocycles. The second-order valence-corrected chi connectivity index (χ2v) is 8.77. The van der Waals surface area contributed by atoms with Crippen LogP contribution in [0, 0.1) is 0 Å². The molecule has 4 rings (SSSR count). The Kier molecular flexibility index (Phi) is 7.89. The topological polar surface area (TPSA) is 41.9 Å². The van der Waals surface area contributed by atoms with Gasteiger partial charge in [0, 0.05) is 24.1 Å². The average Bonchev–Trinajstić information content (AvgIpc) is 2.81. The van der Waals surface area contributed by atoms with Crippen LogP contribution in [0.3, 0.4) is 0 Å². The first-order chi connectivity index (χ1) is 15.2. The maximum atomic E-state index is 10.7. The molecule has 3 aromatic rings. The first kappa shape index (κ1) is 22.2. The Morgan fingerprint density at radius 1 is 0.935 bits per heavy atom. The van der Waals surface area contributed by atoms with Crippen molar-refractivity contribution in [2.24, 2.45) is 0 Å². The number of aliphatic hydroxyl groups excluding tert-OH is 1. The Bertz CT molecular complexity index is 881. The van der Waals surface area contributed by atoms with Crippen molar-refractivity contribution in [3.8, 4) is 0 Å². The van der Waals surface area contributed by atoms with Gasteiger partial charge in [-0.2, -0.15) is 0 Å². The van der Waals surface area contributed by atoms with Gasteiger partial charge in [0.1, 0.15) is 6.10 Å². The Morgan fingerprint density at radius 2 is 1.55 bits per heavy atom. The third-order valence-corrected chi connectivity index (χ3v) is 6.05. The molecule has 3 aromatic carbocycles. The number of halogens is 1. The monoisotopic (exact) mass is 481 g/mol. The lowest BCUT2D eigenvalue weighted by molar-refractivity contribution is -0.0574. The van der Waals surface area contributed by atoms with E-state index in [9.17, 15) is 5.11 Å². The van der Waals surface area contributed by atoms with Crippen LogP contribution in [0.1, 0.15) is 28.9 Å². The average molecular weight is 482 g/mol. The highest BCUT2D eigenvalue weighted by Gasteiger charge is 2.24. The van der Waals surface area contributed by atoms with E-state index in [0.29, 0.717) is 13.2 Å². The predicted molar refractivity (Wildman–Crippen MR) is 126 cm³/mol. The van der Waals surface area contributed by atoms with E-state index in [1.165, 1.54) is 0 Å². The summed E-state index contributed by atoms with van der Waals surface area (Å²) >= 11 is 3.48. The Morgan fingerprint density at radius 3 is 2.16 bits per heavy atom. The summed E-state index contributed by atoms with van der Waals surface area (Å²) in [7, 11) is 0. The molecule has 2 unspecified atom stereocenters. The zero-order valence-electron chi connectivity index (χ0n) is 17.4. The van der Waals surface area contributed by atoms with Crippen LogP contribution < -0.4 is 0 Å². The predicted octanol–water partition coefficient (Wildman–Crippen LogP) is 4.99. The van der Waals surface area contributed by atoms with E-state index in [0.717, 1.165) is 34.3 Å². The van der Waals surface area contributed by atoms with E-state index >= 15 is 0 Å². The molecule has 1 aliphatic heterocycles. The summed E-state index contributed by atoms with van der Waals surface area (Å²) in [6.07, 6.45) is -0.743. The van der Waals surface area contributed by atoms with E-state index in [4.69, 9.17) is 9.47 Å². The molecule has 1 fully saturated rings. The summed E-state index contributed by atoms with van der Waals surface area (Å²) < 4.78 is 13.2. The summed E-state index contributed by atoms with van der Waals surface area (Å²) in [5, 5.41) is 10.7. The SMILES string of the molecule is OC(COC(c1ccccc1)c1ccccc1)CN1CCOC(c2ccc(Br)cc2)C1. The zero-order valence-corrected chi connectivity index (χ0v) is 19.0. The van der Waals surface area contributed by atoms with Crippen molar-refractivity contribution in [3.05, 3.63) is 106 Å². The van der Waals surface area contributed by atoms with Gasteiger partial charge in [0.25, 0.3) is 0 Å². The number of morpholine rings is 1. The second kappa shape index (κ2) is 11.0. The number of nitrogens with zero attached hydrogens (tertiary/aromatic N) is 1. The molecule has 31 heavy (non-hydrogen) atoms. The van der Waals surface area contributed by atoms with Crippen LogP contribution in [-0.4, -0.2) is 49.0 Å². The molecular formula is C26H28BrNO3. The number of hydrogen-bond acceptors (Lipinski definition) is 4. The van der Waals surface area contributed by atoms with Gasteiger partial charge in [-0.15, -0.1) is 0 Å². The maximum Gasteiger partial charge on any atom is 0.108 e. The number of aliphatic hydroxyl groups is 1. The summed E-state index contributed by atoms with van der Waals surface area (Å²) in [5.74, 6) is 0. The molecule has 1 N–H and O–H groups in total. The van der Waals surface area contributed by atoms with Gasteiger partial charge in [-0.1, -0.05) is 88.7 Å². The van der Waals surface area contributed by atoms with Crippen molar-refractivity contribution in [1.29, 1.82) is 0 Å². The Hall–Kier alpha value is -2.02. The highest BCUT2D eigenvalue weighted by Crippen LogP contribution is 2.27. The van der Waals surface area contributed by atoms with Crippen LogP contribution in [0.15, 0.2) is 89.4 Å². The fourth-order valence-corrected chi connectivity index (χ4v) is 4.21. The van der Waals surface area contributed by atoms with E-state index in [1.807, 2.05) is 48.5 Å². The van der Waals surface area contributed by atoms with Crippen LogP contribution in [0.5, 0.6) is 0 Å². The van der Waals surface area contributed by atoms with Crippen LogP contribution in [0.25, 0.3) is 0 Å². The Balaban J connectivity index is 1.35. The van der Waals surface area contributed by atoms with Gasteiger partial charge >= 0.3 is 0 Å². The highest BCUT2D eigenvalue weighted by molar-refractivity contribution is 9.10. The summed E-state index contributed by atoms with van der Waals surface area (Å²) in [6.45, 7) is 3.07. The van der Waals surface area contributed by atoms with Gasteiger partial charge in [-0.3, -0.25) is 4.90 Å². The maximum absolute atomic E-state index is 10.7. The molecule has 0 saturated carbocycles. The lowest BCUT2D eigenvalue weighted by Crippen LogP contribution is -2.43. The van der Waals surface area contributed by atoms with Crippen molar-refractivity contribution in [1.82, 2.24) is 4.90 Å². The van der Waals surface area contributed by atoms with E-state index in [2.05, 4.69) is 57.2 Å². The number of rotatable bonds is 8. The van der Waals surface area contributed by atoms with Gasteiger partial charge in [0.15, 0.2) is 0 Å². The molecule has 1 aliphatic rings. The molecule has 1 saturated heterocycles. The molecule has 162 valence electrons. The lowest BCUT2D eigenvalue weighted by atomic mass is 10.0. The molecular weight excluding hydrogens is 454 g/mol. The van der Waals surface area contributed by atoms with Crippen LogP contribution in [-0.2, 0) is 9.47 Å². The lowest BCUT2D eigenvalue weighted by Gasteiger charge is -2.34. The summed E-state index contributed by atoms with van der Waals surface area (Å²) in [6, 6.07) is 28.6. The van der Waals surface area contributed by atoms with Gasteiger partial charge in [0.2, 0.25) is 0 Å². The standard InChI is InChI=1S/C26H28BrNO3/c27-23-13-11-20(12-14-23)25-18-28(15-16-30-25)17-24(29)19-31-26(21-7-3-1-4-8-21)22-9-5-2-6-10-22/h1-14,24-26,29H,15-19H2. The van der Waals surface area contributed by atoms with E-state index in [1.54, 1.807) is 0 Å². The minimum atomic E-state index is -0.571. The van der Waals surface area contributed by atoms with E-state index < -0.39 is 6.10 Å². The molecule has 0 radical (unpaired) electrons. The second-order valence-electron chi connectivity index (χ2n) is 7.86. The van der Waals surface area contributed by atoms with Crippen molar-refractivity contribution < 1.29 is 14.6 Å². The van der Waals surface area contributed by atoms with Crippen molar-refractivity contribution >= 4 is 15.9 Å². The van der Waals surface area contributed by atoms with Gasteiger partial charge in [-0.05, 0) is 28.8 Å². The Labute approximate surface area is 192 Å². The molecule has 0 amide bonds. The summed E-state index contributed by atoms with van der Waals surface area (Å²) in [5.41, 5.74) is 3.33. The van der Waals surface area contributed by atoms with Crippen LogP contribution >= 0.6 is 15.9 Å². The minimum absolute atomic E-state index is 0.0244. The number of hydrogen-bond donors (Lipinski definition) is 1.